The van der Waals surface area contributed by atoms with E-state index in [-0.39, 0.29) is 6.04 Å². The molecule has 0 aliphatic heterocycles. The second-order valence-corrected chi connectivity index (χ2v) is 5.24. The Hall–Kier alpha value is -0.710. The number of hydrogen-bond acceptors (Lipinski definition) is 4. The molecule has 102 valence electrons. The van der Waals surface area contributed by atoms with Gasteiger partial charge in [0.25, 0.3) is 0 Å². The lowest BCUT2D eigenvalue weighted by Gasteiger charge is -2.13. The molecule has 1 unspecified atom stereocenters. The molecule has 0 aliphatic carbocycles. The van der Waals surface area contributed by atoms with Crippen molar-refractivity contribution in [2.75, 3.05) is 26.1 Å². The normalized spacial score (nSPS) is 12.4. The first-order chi connectivity index (χ1) is 8.69. The van der Waals surface area contributed by atoms with Crippen LogP contribution in [-0.4, -0.2) is 26.1 Å². The Morgan fingerprint density at radius 3 is 2.78 bits per heavy atom. The van der Waals surface area contributed by atoms with E-state index < -0.39 is 0 Å². The van der Waals surface area contributed by atoms with Crippen LogP contribution >= 0.6 is 11.8 Å². The largest absolute Gasteiger partial charge is 0.494 e. The third kappa shape index (κ3) is 4.88. The molecule has 4 heteroatoms. The molecule has 3 nitrogen and oxygen atoms in total. The lowest BCUT2D eigenvalue weighted by molar-refractivity contribution is 0.218. The SMILES string of the molecule is CCOc1ccc(C(C)N)cc1CSCCOC. The quantitative estimate of drug-likeness (QED) is 0.737. The first-order valence-electron chi connectivity index (χ1n) is 6.27. The van der Waals surface area contributed by atoms with Gasteiger partial charge in [-0.25, -0.2) is 0 Å². The number of ether oxygens (including phenoxy) is 2. The molecule has 0 fully saturated rings. The summed E-state index contributed by atoms with van der Waals surface area (Å²) in [4.78, 5) is 0. The molecule has 1 aromatic carbocycles. The highest BCUT2D eigenvalue weighted by atomic mass is 32.2. The van der Waals surface area contributed by atoms with Gasteiger partial charge in [-0.05, 0) is 31.5 Å². The van der Waals surface area contributed by atoms with Crippen molar-refractivity contribution in [2.45, 2.75) is 25.6 Å². The van der Waals surface area contributed by atoms with E-state index in [2.05, 4.69) is 6.07 Å². The van der Waals surface area contributed by atoms with Gasteiger partial charge in [-0.2, -0.15) is 11.8 Å². The first-order valence-corrected chi connectivity index (χ1v) is 7.42. The van der Waals surface area contributed by atoms with E-state index in [1.54, 1.807) is 7.11 Å². The molecule has 18 heavy (non-hydrogen) atoms. The third-order valence-electron chi connectivity index (χ3n) is 2.60. The predicted octanol–water partition coefficient (Wildman–Crippen LogP) is 2.98. The highest BCUT2D eigenvalue weighted by molar-refractivity contribution is 7.98. The summed E-state index contributed by atoms with van der Waals surface area (Å²) in [7, 11) is 1.73. The Labute approximate surface area is 114 Å². The molecule has 1 aromatic rings. The van der Waals surface area contributed by atoms with Gasteiger partial charge < -0.3 is 15.2 Å². The number of methoxy groups -OCH3 is 1. The second-order valence-electron chi connectivity index (χ2n) is 4.13. The maximum Gasteiger partial charge on any atom is 0.123 e. The Balaban J connectivity index is 2.72. The van der Waals surface area contributed by atoms with E-state index in [1.165, 1.54) is 5.56 Å². The molecule has 0 aromatic heterocycles. The number of benzene rings is 1. The monoisotopic (exact) mass is 269 g/mol. The molecular formula is C14H23NO2S. The molecule has 0 saturated carbocycles. The van der Waals surface area contributed by atoms with Crippen molar-refractivity contribution in [2.24, 2.45) is 5.73 Å². The average molecular weight is 269 g/mol. The molecule has 0 amide bonds. The zero-order valence-electron chi connectivity index (χ0n) is 11.4. The molecule has 1 rings (SSSR count). The van der Waals surface area contributed by atoms with Crippen LogP contribution in [0.2, 0.25) is 0 Å². The van der Waals surface area contributed by atoms with Crippen molar-refractivity contribution >= 4 is 11.8 Å². The van der Waals surface area contributed by atoms with Gasteiger partial charge in [0.05, 0.1) is 13.2 Å². The van der Waals surface area contributed by atoms with Crippen LogP contribution in [0, 0.1) is 0 Å². The van der Waals surface area contributed by atoms with Gasteiger partial charge in [0, 0.05) is 30.2 Å². The zero-order chi connectivity index (χ0) is 13.4. The molecule has 0 heterocycles. The first kappa shape index (κ1) is 15.3. The van der Waals surface area contributed by atoms with E-state index in [0.717, 1.165) is 29.4 Å². The van der Waals surface area contributed by atoms with Crippen molar-refractivity contribution < 1.29 is 9.47 Å². The molecule has 0 bridgehead atoms. The van der Waals surface area contributed by atoms with Crippen molar-refractivity contribution in [3.05, 3.63) is 29.3 Å². The summed E-state index contributed by atoms with van der Waals surface area (Å²) in [5.74, 6) is 2.89. The van der Waals surface area contributed by atoms with Gasteiger partial charge >= 0.3 is 0 Å². The van der Waals surface area contributed by atoms with Gasteiger partial charge in [-0.15, -0.1) is 0 Å². The standard InChI is InChI=1S/C14H23NO2S/c1-4-17-14-6-5-12(11(2)15)9-13(14)10-18-8-7-16-3/h5-6,9,11H,4,7-8,10,15H2,1-3H3. The maximum absolute atomic E-state index is 5.92. The van der Waals surface area contributed by atoms with Crippen LogP contribution in [-0.2, 0) is 10.5 Å². The van der Waals surface area contributed by atoms with Crippen LogP contribution in [0.3, 0.4) is 0 Å². The Morgan fingerprint density at radius 1 is 1.39 bits per heavy atom. The highest BCUT2D eigenvalue weighted by Gasteiger charge is 2.07. The molecule has 0 saturated heterocycles. The van der Waals surface area contributed by atoms with Crippen LogP contribution in [0.1, 0.15) is 31.0 Å². The van der Waals surface area contributed by atoms with Gasteiger partial charge in [-0.1, -0.05) is 6.07 Å². The van der Waals surface area contributed by atoms with Crippen LogP contribution < -0.4 is 10.5 Å². The lowest BCUT2D eigenvalue weighted by atomic mass is 10.1. The summed E-state index contributed by atoms with van der Waals surface area (Å²) in [6.45, 7) is 5.47. The summed E-state index contributed by atoms with van der Waals surface area (Å²) in [6.07, 6.45) is 0. The predicted molar refractivity (Wildman–Crippen MR) is 78.3 cm³/mol. The zero-order valence-corrected chi connectivity index (χ0v) is 12.3. The van der Waals surface area contributed by atoms with E-state index >= 15 is 0 Å². The van der Waals surface area contributed by atoms with Crippen LogP contribution in [0.15, 0.2) is 18.2 Å². The maximum atomic E-state index is 5.92. The van der Waals surface area contributed by atoms with Crippen LogP contribution in [0.4, 0.5) is 0 Å². The topological polar surface area (TPSA) is 44.5 Å². The average Bonchev–Trinajstić information content (AvgIpc) is 2.36. The number of hydrogen-bond donors (Lipinski definition) is 1. The van der Waals surface area contributed by atoms with Gasteiger partial charge in [0.2, 0.25) is 0 Å². The van der Waals surface area contributed by atoms with Crippen molar-refractivity contribution in [1.29, 1.82) is 0 Å². The van der Waals surface area contributed by atoms with Crippen LogP contribution in [0.25, 0.3) is 0 Å². The van der Waals surface area contributed by atoms with Crippen molar-refractivity contribution in [3.63, 3.8) is 0 Å². The van der Waals surface area contributed by atoms with Crippen molar-refractivity contribution in [3.8, 4) is 5.75 Å². The Kier molecular flexibility index (Phi) is 7.16. The fourth-order valence-electron chi connectivity index (χ4n) is 1.62. The number of nitrogens with two attached hydrogens (primary N) is 1. The fourth-order valence-corrected chi connectivity index (χ4v) is 2.49. The van der Waals surface area contributed by atoms with Crippen LogP contribution in [0.5, 0.6) is 5.75 Å². The third-order valence-corrected chi connectivity index (χ3v) is 3.57. The van der Waals surface area contributed by atoms with E-state index in [0.29, 0.717) is 6.61 Å². The second kappa shape index (κ2) is 8.40. The highest BCUT2D eigenvalue weighted by Crippen LogP contribution is 2.26. The van der Waals surface area contributed by atoms with Gasteiger partial charge in [0.1, 0.15) is 5.75 Å². The minimum absolute atomic E-state index is 0.0587. The number of rotatable bonds is 8. The Morgan fingerprint density at radius 2 is 2.17 bits per heavy atom. The van der Waals surface area contributed by atoms with Gasteiger partial charge in [0.15, 0.2) is 0 Å². The van der Waals surface area contributed by atoms with Gasteiger partial charge in [-0.3, -0.25) is 0 Å². The summed E-state index contributed by atoms with van der Waals surface area (Å²) in [5.41, 5.74) is 8.28. The minimum Gasteiger partial charge on any atom is -0.494 e. The lowest BCUT2D eigenvalue weighted by Crippen LogP contribution is -2.06. The van der Waals surface area contributed by atoms with E-state index in [9.17, 15) is 0 Å². The van der Waals surface area contributed by atoms with Crippen molar-refractivity contribution in [1.82, 2.24) is 0 Å². The summed E-state index contributed by atoms with van der Waals surface area (Å²) >= 11 is 1.85. The molecule has 0 radical (unpaired) electrons. The molecule has 1 atom stereocenters. The molecule has 2 N–H and O–H groups in total. The van der Waals surface area contributed by atoms with E-state index in [4.69, 9.17) is 15.2 Å². The van der Waals surface area contributed by atoms with E-state index in [1.807, 2.05) is 37.7 Å². The molecular weight excluding hydrogens is 246 g/mol. The molecule has 0 aliphatic rings. The summed E-state index contributed by atoms with van der Waals surface area (Å²) < 4.78 is 10.7. The summed E-state index contributed by atoms with van der Waals surface area (Å²) in [6, 6.07) is 6.27. The number of thioether (sulfide) groups is 1. The fraction of sp³-hybridized carbons (Fsp3) is 0.571. The Bertz CT molecular complexity index is 356. The smallest absolute Gasteiger partial charge is 0.123 e. The molecule has 0 spiro atoms. The minimum atomic E-state index is 0.0587. The summed E-state index contributed by atoms with van der Waals surface area (Å²) in [5, 5.41) is 0.